The summed E-state index contributed by atoms with van der Waals surface area (Å²) in [6.07, 6.45) is 1.22. The molecular weight excluding hydrogens is 276 g/mol. The van der Waals surface area contributed by atoms with E-state index in [9.17, 15) is 4.79 Å². The Kier molecular flexibility index (Phi) is 3.66. The molecule has 0 saturated carbocycles. The highest BCUT2D eigenvalue weighted by Crippen LogP contribution is 2.27. The lowest BCUT2D eigenvalue weighted by Crippen LogP contribution is -2.28. The number of thioether (sulfide) groups is 1. The summed E-state index contributed by atoms with van der Waals surface area (Å²) in [5.74, 6) is 3.07. The van der Waals surface area contributed by atoms with Gasteiger partial charge in [0.25, 0.3) is 5.91 Å². The van der Waals surface area contributed by atoms with Gasteiger partial charge >= 0.3 is 0 Å². The Balaban J connectivity index is 1.70. The molecule has 5 heteroatoms. The van der Waals surface area contributed by atoms with Crippen molar-refractivity contribution in [3.05, 3.63) is 29.1 Å². The first-order chi connectivity index (χ1) is 9.22. The third-order valence-electron chi connectivity index (χ3n) is 3.34. The quantitative estimate of drug-likeness (QED) is 0.855. The van der Waals surface area contributed by atoms with Crippen LogP contribution in [0.4, 0.5) is 5.69 Å². The van der Waals surface area contributed by atoms with Gasteiger partial charge in [0.2, 0.25) is 0 Å². The fourth-order valence-corrected chi connectivity index (χ4v) is 4.49. The molecule has 3 rings (SSSR count). The molecule has 0 radical (unpaired) electrons. The summed E-state index contributed by atoms with van der Waals surface area (Å²) >= 11 is 3.50. The Bertz CT molecular complexity index is 603. The SMILES string of the molecule is Nc1ccc2sc(C(=O)NCC3CCSC3)cc2c1. The number of hydrogen-bond donors (Lipinski definition) is 2. The van der Waals surface area contributed by atoms with Gasteiger partial charge in [-0.1, -0.05) is 0 Å². The number of fused-ring (bicyclic) bond motifs is 1. The summed E-state index contributed by atoms with van der Waals surface area (Å²) < 4.78 is 1.11. The van der Waals surface area contributed by atoms with Crippen molar-refractivity contribution in [1.82, 2.24) is 5.32 Å². The highest BCUT2D eigenvalue weighted by molar-refractivity contribution is 7.99. The zero-order valence-electron chi connectivity index (χ0n) is 10.5. The van der Waals surface area contributed by atoms with Crippen molar-refractivity contribution >= 4 is 44.8 Å². The molecule has 1 aliphatic rings. The molecule has 100 valence electrons. The van der Waals surface area contributed by atoms with Gasteiger partial charge in [-0.2, -0.15) is 11.8 Å². The molecule has 1 atom stereocenters. The zero-order chi connectivity index (χ0) is 13.2. The summed E-state index contributed by atoms with van der Waals surface area (Å²) in [6.45, 7) is 0.794. The molecule has 2 aromatic rings. The van der Waals surface area contributed by atoms with Crippen molar-refractivity contribution in [3.63, 3.8) is 0 Å². The van der Waals surface area contributed by atoms with Crippen LogP contribution in [0.1, 0.15) is 16.1 Å². The highest BCUT2D eigenvalue weighted by atomic mass is 32.2. The number of carbonyl (C=O) groups excluding carboxylic acids is 1. The molecule has 19 heavy (non-hydrogen) atoms. The van der Waals surface area contributed by atoms with Crippen LogP contribution in [-0.2, 0) is 0 Å². The molecule has 1 aromatic heterocycles. The van der Waals surface area contributed by atoms with E-state index in [1.54, 1.807) is 0 Å². The summed E-state index contributed by atoms with van der Waals surface area (Å²) in [6, 6.07) is 7.68. The van der Waals surface area contributed by atoms with Crippen LogP contribution in [0.5, 0.6) is 0 Å². The van der Waals surface area contributed by atoms with E-state index < -0.39 is 0 Å². The van der Waals surface area contributed by atoms with E-state index in [1.165, 1.54) is 29.3 Å². The summed E-state index contributed by atoms with van der Waals surface area (Å²) in [5.41, 5.74) is 6.49. The van der Waals surface area contributed by atoms with Gasteiger partial charge in [-0.25, -0.2) is 0 Å². The minimum Gasteiger partial charge on any atom is -0.399 e. The second-order valence-corrected chi connectivity index (χ2v) is 7.08. The smallest absolute Gasteiger partial charge is 0.261 e. The van der Waals surface area contributed by atoms with Gasteiger partial charge < -0.3 is 11.1 Å². The minimum absolute atomic E-state index is 0.0386. The first-order valence-corrected chi connectivity index (χ1v) is 8.34. The van der Waals surface area contributed by atoms with Crippen molar-refractivity contribution in [2.45, 2.75) is 6.42 Å². The van der Waals surface area contributed by atoms with E-state index in [2.05, 4.69) is 5.32 Å². The van der Waals surface area contributed by atoms with Crippen LogP contribution in [-0.4, -0.2) is 24.0 Å². The lowest BCUT2D eigenvalue weighted by molar-refractivity contribution is 0.0952. The summed E-state index contributed by atoms with van der Waals surface area (Å²) in [7, 11) is 0. The maximum absolute atomic E-state index is 12.1. The van der Waals surface area contributed by atoms with Crippen LogP contribution in [0.2, 0.25) is 0 Å². The molecular formula is C14H16N2OS2. The Hall–Kier alpha value is -1.20. The molecule has 1 fully saturated rings. The van der Waals surface area contributed by atoms with E-state index >= 15 is 0 Å². The second-order valence-electron chi connectivity index (χ2n) is 4.85. The van der Waals surface area contributed by atoms with Crippen LogP contribution >= 0.6 is 23.1 Å². The Morgan fingerprint density at radius 3 is 3.11 bits per heavy atom. The molecule has 3 nitrogen and oxygen atoms in total. The molecule has 0 spiro atoms. The van der Waals surface area contributed by atoms with Crippen LogP contribution < -0.4 is 11.1 Å². The monoisotopic (exact) mass is 292 g/mol. The molecule has 1 aliphatic heterocycles. The third kappa shape index (κ3) is 2.87. The molecule has 1 amide bonds. The fraction of sp³-hybridized carbons (Fsp3) is 0.357. The maximum atomic E-state index is 12.1. The van der Waals surface area contributed by atoms with Gasteiger partial charge in [0.05, 0.1) is 4.88 Å². The summed E-state index contributed by atoms with van der Waals surface area (Å²) in [4.78, 5) is 12.9. The number of hydrogen-bond acceptors (Lipinski definition) is 4. The van der Waals surface area contributed by atoms with Crippen LogP contribution in [0.25, 0.3) is 10.1 Å². The average Bonchev–Trinajstić information content (AvgIpc) is 3.04. The van der Waals surface area contributed by atoms with Crippen molar-refractivity contribution in [2.24, 2.45) is 5.92 Å². The standard InChI is InChI=1S/C14H16N2OS2/c15-11-1-2-12-10(5-11)6-13(19-12)14(17)16-7-9-3-4-18-8-9/h1-2,5-6,9H,3-4,7-8,15H2,(H,16,17). The van der Waals surface area contributed by atoms with Gasteiger partial charge in [0.1, 0.15) is 0 Å². The van der Waals surface area contributed by atoms with Gasteiger partial charge in [0.15, 0.2) is 0 Å². The number of anilines is 1. The number of thiophene rings is 1. The Morgan fingerprint density at radius 1 is 1.42 bits per heavy atom. The topological polar surface area (TPSA) is 55.1 Å². The van der Waals surface area contributed by atoms with Crippen molar-refractivity contribution in [2.75, 3.05) is 23.8 Å². The third-order valence-corrected chi connectivity index (χ3v) is 5.69. The Morgan fingerprint density at radius 2 is 2.32 bits per heavy atom. The lowest BCUT2D eigenvalue weighted by Gasteiger charge is -2.08. The number of nitrogens with one attached hydrogen (secondary N) is 1. The van der Waals surface area contributed by atoms with E-state index in [-0.39, 0.29) is 5.91 Å². The van der Waals surface area contributed by atoms with Crippen LogP contribution in [0.15, 0.2) is 24.3 Å². The first kappa shape index (κ1) is 12.8. The number of amides is 1. The molecule has 1 saturated heterocycles. The van der Waals surface area contributed by atoms with E-state index in [1.807, 2.05) is 36.0 Å². The predicted octanol–water partition coefficient (Wildman–Crippen LogP) is 2.97. The van der Waals surface area contributed by atoms with Crippen LogP contribution in [0, 0.1) is 5.92 Å². The van der Waals surface area contributed by atoms with Gasteiger partial charge in [-0.15, -0.1) is 11.3 Å². The predicted molar refractivity (Wildman–Crippen MR) is 84.0 cm³/mol. The number of benzene rings is 1. The minimum atomic E-state index is 0.0386. The molecule has 1 unspecified atom stereocenters. The number of carbonyl (C=O) groups is 1. The Labute approximate surface area is 120 Å². The normalized spacial score (nSPS) is 18.8. The van der Waals surface area contributed by atoms with E-state index in [0.29, 0.717) is 5.92 Å². The molecule has 3 N–H and O–H groups in total. The largest absolute Gasteiger partial charge is 0.399 e. The highest BCUT2D eigenvalue weighted by Gasteiger charge is 2.17. The number of nitrogens with two attached hydrogens (primary N) is 1. The average molecular weight is 292 g/mol. The van der Waals surface area contributed by atoms with E-state index in [0.717, 1.165) is 27.2 Å². The second kappa shape index (κ2) is 5.43. The first-order valence-electron chi connectivity index (χ1n) is 6.37. The van der Waals surface area contributed by atoms with Crippen molar-refractivity contribution in [3.8, 4) is 0 Å². The van der Waals surface area contributed by atoms with E-state index in [4.69, 9.17) is 5.73 Å². The molecule has 2 heterocycles. The van der Waals surface area contributed by atoms with Gasteiger partial charge in [0, 0.05) is 16.9 Å². The maximum Gasteiger partial charge on any atom is 0.261 e. The molecule has 0 bridgehead atoms. The lowest BCUT2D eigenvalue weighted by atomic mass is 10.1. The van der Waals surface area contributed by atoms with Gasteiger partial charge in [-0.05, 0) is 53.5 Å². The summed E-state index contributed by atoms with van der Waals surface area (Å²) in [5, 5.41) is 4.09. The van der Waals surface area contributed by atoms with Gasteiger partial charge in [-0.3, -0.25) is 4.79 Å². The van der Waals surface area contributed by atoms with Crippen molar-refractivity contribution in [1.29, 1.82) is 0 Å². The number of rotatable bonds is 3. The fourth-order valence-electron chi connectivity index (χ4n) is 2.24. The van der Waals surface area contributed by atoms with Crippen LogP contribution in [0.3, 0.4) is 0 Å². The zero-order valence-corrected chi connectivity index (χ0v) is 12.2. The number of nitrogen functional groups attached to an aromatic ring is 1. The molecule has 0 aliphatic carbocycles. The molecule has 1 aromatic carbocycles. The van der Waals surface area contributed by atoms with Crippen molar-refractivity contribution < 1.29 is 4.79 Å².